The van der Waals surface area contributed by atoms with Gasteiger partial charge in [-0.25, -0.2) is 0 Å². The summed E-state index contributed by atoms with van der Waals surface area (Å²) < 4.78 is 0. The Morgan fingerprint density at radius 2 is 1.28 bits per heavy atom. The smallest absolute Gasteiger partial charge is 0.00145 e. The SMILES string of the molecule is c1ccc(-c2c(-c3ccsc3)cccc2-c2ccsc2)c(PC2CCCCC2)c1. The largest absolute Gasteiger partial charge is 0.152 e. The molecule has 1 aliphatic rings. The summed E-state index contributed by atoms with van der Waals surface area (Å²) in [5, 5.41) is 10.5. The zero-order valence-corrected chi connectivity index (χ0v) is 19.1. The van der Waals surface area contributed by atoms with Crippen molar-refractivity contribution in [2.45, 2.75) is 37.8 Å². The molecule has 0 spiro atoms. The highest BCUT2D eigenvalue weighted by atomic mass is 32.1. The van der Waals surface area contributed by atoms with Gasteiger partial charge in [0.05, 0.1) is 0 Å². The van der Waals surface area contributed by atoms with E-state index < -0.39 is 0 Å². The Morgan fingerprint density at radius 1 is 0.655 bits per heavy atom. The molecule has 0 amide bonds. The van der Waals surface area contributed by atoms with Crippen molar-refractivity contribution in [3.63, 3.8) is 0 Å². The lowest BCUT2D eigenvalue weighted by atomic mass is 9.89. The van der Waals surface area contributed by atoms with E-state index in [1.54, 1.807) is 28.0 Å². The minimum absolute atomic E-state index is 0.864. The average molecular weight is 433 g/mol. The van der Waals surface area contributed by atoms with E-state index in [0.717, 1.165) is 14.2 Å². The second kappa shape index (κ2) is 8.96. The van der Waals surface area contributed by atoms with Gasteiger partial charge in [-0.05, 0) is 90.8 Å². The van der Waals surface area contributed by atoms with Crippen LogP contribution in [-0.2, 0) is 0 Å². The molecule has 2 aromatic carbocycles. The predicted octanol–water partition coefficient (Wildman–Crippen LogP) is 8.45. The summed E-state index contributed by atoms with van der Waals surface area (Å²) in [5.74, 6) is 0. The Kier molecular flexibility index (Phi) is 5.95. The van der Waals surface area contributed by atoms with Crippen molar-refractivity contribution < 1.29 is 0 Å². The van der Waals surface area contributed by atoms with Crippen LogP contribution in [0.25, 0.3) is 33.4 Å². The van der Waals surface area contributed by atoms with Gasteiger partial charge in [0.1, 0.15) is 0 Å². The van der Waals surface area contributed by atoms with Crippen LogP contribution in [0, 0.1) is 0 Å². The van der Waals surface area contributed by atoms with Gasteiger partial charge in [0.15, 0.2) is 0 Å². The minimum Gasteiger partial charge on any atom is -0.152 e. The molecule has 1 saturated carbocycles. The number of rotatable bonds is 5. The monoisotopic (exact) mass is 432 g/mol. The third-order valence-corrected chi connectivity index (χ3v) is 8.99. The number of hydrogen-bond acceptors (Lipinski definition) is 2. The normalized spacial score (nSPS) is 15.3. The average Bonchev–Trinajstić information content (AvgIpc) is 3.49. The molecule has 3 heteroatoms. The third kappa shape index (κ3) is 4.12. The molecule has 0 N–H and O–H groups in total. The molecule has 0 saturated heterocycles. The molecule has 0 radical (unpaired) electrons. The molecule has 1 aliphatic carbocycles. The fraction of sp³-hybridized carbons (Fsp3) is 0.231. The zero-order valence-electron chi connectivity index (χ0n) is 16.4. The van der Waals surface area contributed by atoms with E-state index in [2.05, 4.69) is 76.1 Å². The molecule has 0 aliphatic heterocycles. The van der Waals surface area contributed by atoms with E-state index in [1.807, 2.05) is 0 Å². The maximum absolute atomic E-state index is 2.38. The van der Waals surface area contributed by atoms with Crippen molar-refractivity contribution in [2.24, 2.45) is 0 Å². The summed E-state index contributed by atoms with van der Waals surface area (Å²) in [6.45, 7) is 0. The van der Waals surface area contributed by atoms with Crippen LogP contribution in [-0.4, -0.2) is 5.66 Å². The van der Waals surface area contributed by atoms with Gasteiger partial charge in [0.25, 0.3) is 0 Å². The summed E-state index contributed by atoms with van der Waals surface area (Å²) in [6.07, 6.45) is 7.04. The third-order valence-electron chi connectivity index (χ3n) is 5.89. The van der Waals surface area contributed by atoms with E-state index in [0.29, 0.717) is 0 Å². The molecule has 1 fully saturated rings. The van der Waals surface area contributed by atoms with Crippen LogP contribution < -0.4 is 5.30 Å². The Balaban J connectivity index is 1.67. The second-order valence-corrected chi connectivity index (χ2v) is 11.0. The summed E-state index contributed by atoms with van der Waals surface area (Å²) in [4.78, 5) is 0. The van der Waals surface area contributed by atoms with Crippen molar-refractivity contribution in [1.29, 1.82) is 0 Å². The summed E-state index contributed by atoms with van der Waals surface area (Å²) in [7, 11) is 0.906. The molecular weight excluding hydrogens is 407 g/mol. The predicted molar refractivity (Wildman–Crippen MR) is 133 cm³/mol. The Hall–Kier alpha value is -1.73. The van der Waals surface area contributed by atoms with Gasteiger partial charge in [-0.3, -0.25) is 0 Å². The summed E-state index contributed by atoms with van der Waals surface area (Å²) >= 11 is 3.56. The van der Waals surface area contributed by atoms with Crippen LogP contribution in [0.15, 0.2) is 76.1 Å². The molecule has 1 atom stereocenters. The lowest BCUT2D eigenvalue weighted by Gasteiger charge is -2.24. The van der Waals surface area contributed by atoms with Crippen molar-refractivity contribution >= 4 is 36.6 Å². The molecule has 4 aromatic rings. The first-order valence-electron chi connectivity index (χ1n) is 10.4. The zero-order chi connectivity index (χ0) is 19.5. The molecule has 0 nitrogen and oxygen atoms in total. The molecule has 29 heavy (non-hydrogen) atoms. The standard InChI is InChI=1S/C26H25PS2/c1-2-7-21(8-3-1)27-25-12-5-4-9-24(25)26-22(19-13-15-28-17-19)10-6-11-23(26)20-14-16-29-18-20/h4-6,9-18,21,27H,1-3,7-8H2. The lowest BCUT2D eigenvalue weighted by molar-refractivity contribution is 0.514. The fourth-order valence-electron chi connectivity index (χ4n) is 4.45. The molecule has 2 heterocycles. The second-order valence-electron chi connectivity index (χ2n) is 7.78. The van der Waals surface area contributed by atoms with Crippen LogP contribution in [0.5, 0.6) is 0 Å². The van der Waals surface area contributed by atoms with Crippen LogP contribution in [0.4, 0.5) is 0 Å². The Bertz CT molecular complexity index is 1010. The maximum Gasteiger partial charge on any atom is -0.00145 e. The number of thiophene rings is 2. The van der Waals surface area contributed by atoms with Gasteiger partial charge in [0.2, 0.25) is 0 Å². The highest BCUT2D eigenvalue weighted by molar-refractivity contribution is 7.48. The maximum atomic E-state index is 2.38. The van der Waals surface area contributed by atoms with Crippen molar-refractivity contribution in [2.75, 3.05) is 0 Å². The van der Waals surface area contributed by atoms with Crippen LogP contribution in [0.3, 0.4) is 0 Å². The van der Waals surface area contributed by atoms with Crippen molar-refractivity contribution in [1.82, 2.24) is 0 Å². The van der Waals surface area contributed by atoms with Gasteiger partial charge in [0, 0.05) is 0 Å². The van der Waals surface area contributed by atoms with Crippen molar-refractivity contribution in [3.05, 3.63) is 76.1 Å². The highest BCUT2D eigenvalue weighted by Crippen LogP contribution is 2.43. The highest BCUT2D eigenvalue weighted by Gasteiger charge is 2.20. The molecule has 146 valence electrons. The van der Waals surface area contributed by atoms with Crippen LogP contribution in [0.1, 0.15) is 32.1 Å². The van der Waals surface area contributed by atoms with E-state index in [1.165, 1.54) is 65.5 Å². The van der Waals surface area contributed by atoms with Gasteiger partial charge < -0.3 is 0 Å². The number of benzene rings is 2. The first kappa shape index (κ1) is 19.2. The van der Waals surface area contributed by atoms with Gasteiger partial charge in [-0.1, -0.05) is 70.3 Å². The first-order chi connectivity index (χ1) is 14.4. The van der Waals surface area contributed by atoms with Crippen LogP contribution in [0.2, 0.25) is 0 Å². The lowest BCUT2D eigenvalue weighted by Crippen LogP contribution is -2.12. The van der Waals surface area contributed by atoms with Crippen molar-refractivity contribution in [3.8, 4) is 33.4 Å². The van der Waals surface area contributed by atoms with E-state index >= 15 is 0 Å². The molecule has 5 rings (SSSR count). The van der Waals surface area contributed by atoms with Crippen LogP contribution >= 0.6 is 31.3 Å². The topological polar surface area (TPSA) is 0 Å². The summed E-state index contributed by atoms with van der Waals surface area (Å²) in [6, 6.07) is 20.5. The van der Waals surface area contributed by atoms with E-state index in [-0.39, 0.29) is 0 Å². The van der Waals surface area contributed by atoms with Gasteiger partial charge >= 0.3 is 0 Å². The minimum atomic E-state index is 0.864. The molecule has 0 bridgehead atoms. The molecular formula is C26H25PS2. The van der Waals surface area contributed by atoms with Gasteiger partial charge in [-0.15, -0.1) is 0 Å². The fourth-order valence-corrected chi connectivity index (χ4v) is 7.46. The first-order valence-corrected chi connectivity index (χ1v) is 13.4. The molecule has 1 unspecified atom stereocenters. The van der Waals surface area contributed by atoms with E-state index in [4.69, 9.17) is 0 Å². The molecule has 2 aromatic heterocycles. The Morgan fingerprint density at radius 3 is 1.90 bits per heavy atom. The number of hydrogen-bond donors (Lipinski definition) is 0. The van der Waals surface area contributed by atoms with Gasteiger partial charge in [-0.2, -0.15) is 22.7 Å². The van der Waals surface area contributed by atoms with E-state index in [9.17, 15) is 0 Å². The quantitative estimate of drug-likeness (QED) is 0.278. The summed E-state index contributed by atoms with van der Waals surface area (Å²) in [5.41, 5.74) is 9.08. The Labute approximate surface area is 183 Å².